The molecule has 1 fully saturated rings. The normalized spacial score (nSPS) is 13.8. The fraction of sp³-hybridized carbons (Fsp3) is 0.231. The summed E-state index contributed by atoms with van der Waals surface area (Å²) in [5.74, 6) is -0.460. The lowest BCUT2D eigenvalue weighted by molar-refractivity contribution is 0.0847. The second-order valence-electron chi connectivity index (χ2n) is 8.08. The molecule has 1 aliphatic rings. The highest BCUT2D eigenvalue weighted by Crippen LogP contribution is 2.42. The van der Waals surface area contributed by atoms with Crippen LogP contribution >= 0.6 is 11.3 Å². The Kier molecular flexibility index (Phi) is 7.24. The van der Waals surface area contributed by atoms with E-state index in [-0.39, 0.29) is 33.9 Å². The number of ether oxygens (including phenoxy) is 4. The van der Waals surface area contributed by atoms with Gasteiger partial charge in [-0.05, 0) is 43.0 Å². The van der Waals surface area contributed by atoms with Crippen LogP contribution in [0.5, 0.6) is 17.4 Å². The topological polar surface area (TPSA) is 100 Å². The Morgan fingerprint density at radius 2 is 1.51 bits per heavy atom. The number of rotatable bonds is 5. The summed E-state index contributed by atoms with van der Waals surface area (Å²) in [6.07, 6.45) is -0.871. The third-order valence-electron chi connectivity index (χ3n) is 5.76. The average Bonchev–Trinajstić information content (AvgIpc) is 3.34. The largest absolute Gasteiger partial charge is 0.479 e. The van der Waals surface area contributed by atoms with Crippen molar-refractivity contribution in [2.24, 2.45) is 0 Å². The number of nitrogens with zero attached hydrogens (tertiary/aromatic N) is 3. The van der Waals surface area contributed by atoms with Gasteiger partial charge in [0.05, 0.1) is 11.8 Å². The van der Waals surface area contributed by atoms with Crippen LogP contribution in [0, 0.1) is 5.95 Å². The van der Waals surface area contributed by atoms with Crippen molar-refractivity contribution >= 4 is 38.9 Å². The summed E-state index contributed by atoms with van der Waals surface area (Å²) in [5, 5.41) is -0.0733. The molecule has 11 heteroatoms. The van der Waals surface area contributed by atoms with Crippen LogP contribution in [-0.2, 0) is 4.74 Å². The third kappa shape index (κ3) is 5.23. The van der Waals surface area contributed by atoms with Gasteiger partial charge >= 0.3 is 12.2 Å². The summed E-state index contributed by atoms with van der Waals surface area (Å²) in [6, 6.07) is 16.6. The van der Waals surface area contributed by atoms with Gasteiger partial charge in [-0.15, -0.1) is 0 Å². The summed E-state index contributed by atoms with van der Waals surface area (Å²) < 4.78 is 37.2. The monoisotopic (exact) mass is 523 g/mol. The summed E-state index contributed by atoms with van der Waals surface area (Å²) in [4.78, 5) is 35.6. The number of pyridine rings is 1. The van der Waals surface area contributed by atoms with E-state index in [2.05, 4.69) is 9.97 Å². The van der Waals surface area contributed by atoms with Gasteiger partial charge in [0, 0.05) is 18.8 Å². The van der Waals surface area contributed by atoms with Crippen molar-refractivity contribution in [3.8, 4) is 17.4 Å². The molecule has 0 radical (unpaired) electrons. The van der Waals surface area contributed by atoms with Crippen LogP contribution in [0.25, 0.3) is 10.2 Å². The molecule has 5 rings (SSSR count). The smallest absolute Gasteiger partial charge is 0.431 e. The molecule has 2 amide bonds. The minimum absolute atomic E-state index is 0.0568. The van der Waals surface area contributed by atoms with E-state index in [0.29, 0.717) is 41.2 Å². The second-order valence-corrected chi connectivity index (χ2v) is 9.06. The van der Waals surface area contributed by atoms with Crippen molar-refractivity contribution in [2.45, 2.75) is 18.8 Å². The molecule has 9 nitrogen and oxygen atoms in total. The van der Waals surface area contributed by atoms with E-state index in [9.17, 15) is 9.59 Å². The summed E-state index contributed by atoms with van der Waals surface area (Å²) in [5.41, 5.74) is 0.589. The number of hydrogen-bond acceptors (Lipinski definition) is 9. The number of carbonyl (C=O) groups is 2. The number of carbonyl (C=O) groups excluding carboxylic acids is 2. The van der Waals surface area contributed by atoms with E-state index in [4.69, 9.17) is 18.9 Å². The molecule has 0 N–H and O–H groups in total. The van der Waals surface area contributed by atoms with Gasteiger partial charge in [0.15, 0.2) is 0 Å². The van der Waals surface area contributed by atoms with Gasteiger partial charge in [0.2, 0.25) is 17.0 Å². The molecule has 0 saturated carbocycles. The molecule has 190 valence electrons. The molecule has 2 aromatic heterocycles. The van der Waals surface area contributed by atoms with E-state index in [1.54, 1.807) is 60.7 Å². The van der Waals surface area contributed by atoms with Crippen LogP contribution in [0.15, 0.2) is 60.7 Å². The summed E-state index contributed by atoms with van der Waals surface area (Å²) in [6.45, 7) is 0.977. The highest BCUT2D eigenvalue weighted by atomic mass is 32.1. The fourth-order valence-corrected chi connectivity index (χ4v) is 5.16. The van der Waals surface area contributed by atoms with Crippen LogP contribution in [0.3, 0.4) is 0 Å². The number of halogens is 1. The first-order valence-corrected chi connectivity index (χ1v) is 12.3. The van der Waals surface area contributed by atoms with E-state index in [0.717, 1.165) is 11.3 Å². The number of hydrogen-bond donors (Lipinski definition) is 0. The fourth-order valence-electron chi connectivity index (χ4n) is 4.01. The molecule has 3 heterocycles. The molecule has 2 aromatic carbocycles. The molecular formula is C26H22FN3O6S. The van der Waals surface area contributed by atoms with Crippen LogP contribution in [0.1, 0.15) is 24.3 Å². The van der Waals surface area contributed by atoms with E-state index < -0.39 is 18.1 Å². The van der Waals surface area contributed by atoms with Crippen molar-refractivity contribution < 1.29 is 32.9 Å². The zero-order valence-corrected chi connectivity index (χ0v) is 20.6. The van der Waals surface area contributed by atoms with Crippen molar-refractivity contribution in [1.82, 2.24) is 9.97 Å². The van der Waals surface area contributed by atoms with E-state index >= 15 is 4.39 Å². The predicted octanol–water partition coefficient (Wildman–Crippen LogP) is 5.94. The quantitative estimate of drug-likeness (QED) is 0.297. The van der Waals surface area contributed by atoms with Gasteiger partial charge in [0.1, 0.15) is 17.0 Å². The van der Waals surface area contributed by atoms with Crippen LogP contribution < -0.4 is 19.1 Å². The van der Waals surface area contributed by atoms with E-state index in [1.807, 2.05) is 0 Å². The Balaban J connectivity index is 1.59. The molecule has 1 aliphatic heterocycles. The number of aromatic nitrogens is 2. The first kappa shape index (κ1) is 24.6. The van der Waals surface area contributed by atoms with Crippen LogP contribution in [0.4, 0.5) is 19.1 Å². The molecular weight excluding hydrogens is 501 g/mol. The van der Waals surface area contributed by atoms with Crippen molar-refractivity contribution in [1.29, 1.82) is 0 Å². The first-order valence-electron chi connectivity index (χ1n) is 11.5. The number of methoxy groups -OCH3 is 1. The van der Waals surface area contributed by atoms with Gasteiger partial charge < -0.3 is 18.9 Å². The number of thiazole rings is 1. The molecule has 0 unspecified atom stereocenters. The first-order chi connectivity index (χ1) is 18.0. The number of anilines is 1. The average molecular weight is 524 g/mol. The highest BCUT2D eigenvalue weighted by molar-refractivity contribution is 7.22. The lowest BCUT2D eigenvalue weighted by Gasteiger charge is -2.23. The molecule has 0 bridgehead atoms. The lowest BCUT2D eigenvalue weighted by Crippen LogP contribution is -2.41. The third-order valence-corrected chi connectivity index (χ3v) is 6.83. The van der Waals surface area contributed by atoms with Crippen LogP contribution in [-0.4, -0.2) is 42.5 Å². The Morgan fingerprint density at radius 3 is 2.05 bits per heavy atom. The number of benzene rings is 2. The van der Waals surface area contributed by atoms with Crippen molar-refractivity contribution in [2.75, 3.05) is 25.2 Å². The summed E-state index contributed by atoms with van der Waals surface area (Å²) >= 11 is 0.959. The number of para-hydroxylation sites is 2. The molecule has 0 aliphatic carbocycles. The molecule has 0 atom stereocenters. The standard InChI is InChI=1S/C26H22FN3O6S/c1-33-23-20-21(19(22(27)29-23)16-12-14-34-15-13-16)37-24(28-20)30(25(31)35-17-8-4-2-5-9-17)26(32)36-18-10-6-3-7-11-18/h2-11,16H,12-15H2,1H3. The Bertz CT molecular complexity index is 1360. The molecule has 4 aromatic rings. The van der Waals surface area contributed by atoms with Crippen molar-refractivity contribution in [3.63, 3.8) is 0 Å². The van der Waals surface area contributed by atoms with Gasteiger partial charge in [-0.2, -0.15) is 14.3 Å². The Hall–Kier alpha value is -4.09. The van der Waals surface area contributed by atoms with Crippen molar-refractivity contribution in [3.05, 3.63) is 72.2 Å². The maximum atomic E-state index is 15.2. The maximum Gasteiger partial charge on any atom is 0.431 e. The highest BCUT2D eigenvalue weighted by Gasteiger charge is 2.34. The van der Waals surface area contributed by atoms with Gasteiger partial charge in [-0.3, -0.25) is 0 Å². The van der Waals surface area contributed by atoms with Gasteiger partial charge in [-0.1, -0.05) is 47.7 Å². The Labute approximate surface area is 215 Å². The molecule has 1 saturated heterocycles. The lowest BCUT2D eigenvalue weighted by atomic mass is 9.92. The second kappa shape index (κ2) is 10.9. The maximum absolute atomic E-state index is 15.2. The minimum Gasteiger partial charge on any atom is -0.479 e. The SMILES string of the molecule is COc1nc(F)c(C2CCOCC2)c2sc(N(C(=O)Oc3ccccc3)C(=O)Oc3ccccc3)nc12. The molecule has 0 spiro atoms. The number of imide groups is 1. The molecule has 37 heavy (non-hydrogen) atoms. The van der Waals surface area contributed by atoms with E-state index in [1.165, 1.54) is 7.11 Å². The van der Waals surface area contributed by atoms with Gasteiger partial charge in [-0.25, -0.2) is 14.6 Å². The minimum atomic E-state index is -1.04. The Morgan fingerprint density at radius 1 is 0.946 bits per heavy atom. The predicted molar refractivity (Wildman–Crippen MR) is 134 cm³/mol. The zero-order chi connectivity index (χ0) is 25.8. The number of amides is 2. The number of fused-ring (bicyclic) bond motifs is 1. The van der Waals surface area contributed by atoms with Crippen LogP contribution in [0.2, 0.25) is 0 Å². The summed E-state index contributed by atoms with van der Waals surface area (Å²) in [7, 11) is 1.35. The van der Waals surface area contributed by atoms with Gasteiger partial charge in [0.25, 0.3) is 0 Å². The zero-order valence-electron chi connectivity index (χ0n) is 19.8.